The Morgan fingerprint density at radius 3 is 2.55 bits per heavy atom. The monoisotopic (exact) mass is 491 g/mol. The van der Waals surface area contributed by atoms with Gasteiger partial charge in [0.05, 0.1) is 25.8 Å². The third-order valence-corrected chi connectivity index (χ3v) is 7.16. The molecule has 1 aliphatic carbocycles. The van der Waals surface area contributed by atoms with E-state index in [1.807, 2.05) is 19.1 Å². The minimum absolute atomic E-state index is 0.0461. The predicted octanol–water partition coefficient (Wildman–Crippen LogP) is 3.89. The molecule has 7 nitrogen and oxygen atoms in total. The van der Waals surface area contributed by atoms with Gasteiger partial charge in [-0.1, -0.05) is 37.6 Å². The summed E-state index contributed by atoms with van der Waals surface area (Å²) in [5, 5.41) is 6.93. The summed E-state index contributed by atoms with van der Waals surface area (Å²) in [6, 6.07) is 7.26. The molecule has 0 radical (unpaired) electrons. The number of carbonyl (C=O) groups is 3. The molecule has 3 rings (SSSR count). The molecular weight excluding hydrogens is 462 g/mol. The Morgan fingerprint density at radius 1 is 1.18 bits per heavy atom. The molecule has 0 unspecified atom stereocenters. The van der Waals surface area contributed by atoms with Crippen molar-refractivity contribution < 1.29 is 19.1 Å². The van der Waals surface area contributed by atoms with Crippen molar-refractivity contribution in [1.82, 2.24) is 10.2 Å². The van der Waals surface area contributed by atoms with Gasteiger partial charge in [-0.25, -0.2) is 4.79 Å². The van der Waals surface area contributed by atoms with Crippen LogP contribution in [0.1, 0.15) is 46.6 Å². The van der Waals surface area contributed by atoms with Crippen LogP contribution in [0.2, 0.25) is 5.02 Å². The largest absolute Gasteiger partial charge is 0.465 e. The van der Waals surface area contributed by atoms with Crippen molar-refractivity contribution in [2.24, 2.45) is 5.92 Å². The fraction of sp³-hybridized carbons (Fsp3) is 0.458. The van der Waals surface area contributed by atoms with E-state index in [1.54, 1.807) is 17.0 Å². The Bertz CT molecular complexity index is 1010. The highest BCUT2D eigenvalue weighted by Crippen LogP contribution is 2.40. The van der Waals surface area contributed by atoms with Crippen molar-refractivity contribution in [2.45, 2.75) is 39.7 Å². The number of fused-ring (bicyclic) bond motifs is 1. The van der Waals surface area contributed by atoms with Crippen LogP contribution in [0.4, 0.5) is 5.00 Å². The molecule has 1 atom stereocenters. The van der Waals surface area contributed by atoms with Crippen molar-refractivity contribution in [1.29, 1.82) is 0 Å². The van der Waals surface area contributed by atoms with Crippen LogP contribution in [-0.4, -0.2) is 49.4 Å². The van der Waals surface area contributed by atoms with Crippen molar-refractivity contribution >= 4 is 45.7 Å². The number of amides is 2. The molecule has 1 aromatic heterocycles. The summed E-state index contributed by atoms with van der Waals surface area (Å²) in [7, 11) is 1.35. The van der Waals surface area contributed by atoms with Gasteiger partial charge in [-0.3, -0.25) is 14.5 Å². The number of rotatable bonds is 9. The number of benzene rings is 1. The van der Waals surface area contributed by atoms with E-state index in [-0.39, 0.29) is 24.9 Å². The van der Waals surface area contributed by atoms with Gasteiger partial charge >= 0.3 is 5.97 Å². The van der Waals surface area contributed by atoms with Crippen LogP contribution in [0, 0.1) is 5.92 Å². The second-order valence-electron chi connectivity index (χ2n) is 8.30. The lowest BCUT2D eigenvalue weighted by Crippen LogP contribution is -2.40. The summed E-state index contributed by atoms with van der Waals surface area (Å²) in [6.45, 7) is 5.15. The van der Waals surface area contributed by atoms with Crippen LogP contribution in [-0.2, 0) is 33.7 Å². The standard InChI is InChI=1S/C24H30ClN3O4S/c1-4-28(13-20(29)26-12-16-6-8-17(25)9-7-16)14-21(30)27-23-22(24(31)32-3)18-10-5-15(2)11-19(18)33-23/h6-9,15H,4-5,10-14H2,1-3H3,(H,26,29)(H,27,30)/t15-/m0/s1. The van der Waals surface area contributed by atoms with Crippen LogP contribution in [0.5, 0.6) is 0 Å². The molecule has 0 saturated heterocycles. The number of esters is 1. The first-order valence-corrected chi connectivity index (χ1v) is 12.3. The maximum atomic E-state index is 12.8. The van der Waals surface area contributed by atoms with Crippen molar-refractivity contribution in [2.75, 3.05) is 32.1 Å². The summed E-state index contributed by atoms with van der Waals surface area (Å²) < 4.78 is 4.98. The summed E-state index contributed by atoms with van der Waals surface area (Å²) in [4.78, 5) is 40.5. The fourth-order valence-electron chi connectivity index (χ4n) is 3.87. The summed E-state index contributed by atoms with van der Waals surface area (Å²) in [6.07, 6.45) is 2.72. The number of hydrogen-bond acceptors (Lipinski definition) is 6. The van der Waals surface area contributed by atoms with Gasteiger partial charge in [0.2, 0.25) is 11.8 Å². The molecule has 1 heterocycles. The van der Waals surface area contributed by atoms with E-state index in [4.69, 9.17) is 16.3 Å². The highest BCUT2D eigenvalue weighted by Gasteiger charge is 2.29. The molecular formula is C24H30ClN3O4S. The van der Waals surface area contributed by atoms with E-state index < -0.39 is 5.97 Å². The van der Waals surface area contributed by atoms with Gasteiger partial charge in [-0.2, -0.15) is 0 Å². The number of likely N-dealkylation sites (N-methyl/N-ethyl adjacent to an activating group) is 1. The Kier molecular flexibility index (Phi) is 8.88. The van der Waals surface area contributed by atoms with Crippen LogP contribution in [0.15, 0.2) is 24.3 Å². The number of methoxy groups -OCH3 is 1. The minimum Gasteiger partial charge on any atom is -0.465 e. The molecule has 9 heteroatoms. The summed E-state index contributed by atoms with van der Waals surface area (Å²) in [5.41, 5.74) is 2.41. The normalized spacial score (nSPS) is 15.1. The molecule has 178 valence electrons. The first kappa shape index (κ1) is 25.2. The quantitative estimate of drug-likeness (QED) is 0.519. The topological polar surface area (TPSA) is 87.7 Å². The second-order valence-corrected chi connectivity index (χ2v) is 9.84. The van der Waals surface area contributed by atoms with Crippen LogP contribution in [0.25, 0.3) is 0 Å². The zero-order chi connectivity index (χ0) is 24.0. The molecule has 2 aromatic rings. The van der Waals surface area contributed by atoms with Crippen LogP contribution in [0.3, 0.4) is 0 Å². The van der Waals surface area contributed by atoms with Gasteiger partial charge in [0.15, 0.2) is 0 Å². The van der Waals surface area contributed by atoms with Crippen molar-refractivity contribution in [3.05, 3.63) is 50.9 Å². The molecule has 0 saturated carbocycles. The Labute approximate surface area is 203 Å². The average molecular weight is 492 g/mol. The predicted molar refractivity (Wildman–Crippen MR) is 131 cm³/mol. The van der Waals surface area contributed by atoms with Gasteiger partial charge < -0.3 is 15.4 Å². The Morgan fingerprint density at radius 2 is 1.88 bits per heavy atom. The fourth-order valence-corrected chi connectivity index (χ4v) is 5.41. The molecule has 2 amide bonds. The molecule has 2 N–H and O–H groups in total. The SMILES string of the molecule is CCN(CC(=O)NCc1ccc(Cl)cc1)CC(=O)Nc1sc2c(c1C(=O)OC)CC[C@H](C)C2. The number of nitrogens with zero attached hydrogens (tertiary/aromatic N) is 1. The number of hydrogen-bond donors (Lipinski definition) is 2. The molecule has 1 aliphatic rings. The highest BCUT2D eigenvalue weighted by molar-refractivity contribution is 7.17. The van der Waals surface area contributed by atoms with Gasteiger partial charge in [0, 0.05) is 16.4 Å². The van der Waals surface area contributed by atoms with Gasteiger partial charge in [0.1, 0.15) is 5.00 Å². The van der Waals surface area contributed by atoms with E-state index >= 15 is 0 Å². The van der Waals surface area contributed by atoms with Gasteiger partial charge in [-0.05, 0) is 55.0 Å². The number of anilines is 1. The second kappa shape index (κ2) is 11.6. The number of carbonyl (C=O) groups excluding carboxylic acids is 3. The zero-order valence-corrected chi connectivity index (χ0v) is 20.8. The summed E-state index contributed by atoms with van der Waals surface area (Å²) >= 11 is 7.34. The lowest BCUT2D eigenvalue weighted by molar-refractivity contribution is -0.123. The minimum atomic E-state index is -0.425. The van der Waals surface area contributed by atoms with Crippen molar-refractivity contribution in [3.63, 3.8) is 0 Å². The zero-order valence-electron chi connectivity index (χ0n) is 19.2. The number of thiophene rings is 1. The molecule has 1 aromatic carbocycles. The highest BCUT2D eigenvalue weighted by atomic mass is 35.5. The lowest BCUT2D eigenvalue weighted by Gasteiger charge is -2.19. The number of ether oxygens (including phenoxy) is 1. The Hall–Kier alpha value is -2.42. The van der Waals surface area contributed by atoms with Gasteiger partial charge in [-0.15, -0.1) is 11.3 Å². The number of nitrogens with one attached hydrogen (secondary N) is 2. The van der Waals surface area contributed by atoms with E-state index in [2.05, 4.69) is 17.6 Å². The molecule has 0 bridgehead atoms. The third-order valence-electron chi connectivity index (χ3n) is 5.74. The average Bonchev–Trinajstić information content (AvgIpc) is 3.14. The molecule has 0 spiro atoms. The maximum Gasteiger partial charge on any atom is 0.341 e. The van der Waals surface area contributed by atoms with E-state index in [0.717, 1.165) is 35.3 Å². The smallest absolute Gasteiger partial charge is 0.341 e. The summed E-state index contributed by atoms with van der Waals surface area (Å²) in [5.74, 6) is -0.312. The van der Waals surface area contributed by atoms with Crippen LogP contribution < -0.4 is 10.6 Å². The molecule has 0 fully saturated rings. The Balaban J connectivity index is 1.59. The van der Waals surface area contributed by atoms with E-state index in [1.165, 1.54) is 18.4 Å². The molecule has 33 heavy (non-hydrogen) atoms. The molecule has 0 aliphatic heterocycles. The number of halogens is 1. The third kappa shape index (κ3) is 6.79. The van der Waals surface area contributed by atoms with E-state index in [0.29, 0.717) is 34.6 Å². The van der Waals surface area contributed by atoms with Crippen LogP contribution >= 0.6 is 22.9 Å². The first-order valence-electron chi connectivity index (χ1n) is 11.1. The van der Waals surface area contributed by atoms with Crippen molar-refractivity contribution in [3.8, 4) is 0 Å². The van der Waals surface area contributed by atoms with E-state index in [9.17, 15) is 14.4 Å². The maximum absolute atomic E-state index is 12.8. The lowest BCUT2D eigenvalue weighted by atomic mass is 9.88. The first-order chi connectivity index (χ1) is 15.8. The van der Waals surface area contributed by atoms with Gasteiger partial charge in [0.25, 0.3) is 0 Å².